The molecule has 5 heteroatoms. The van der Waals surface area contributed by atoms with Crippen LogP contribution in [0.4, 0.5) is 13.2 Å². The Bertz CT molecular complexity index is 727. The molecule has 0 amide bonds. The first kappa shape index (κ1) is 12.7. The van der Waals surface area contributed by atoms with Crippen molar-refractivity contribution in [2.75, 3.05) is 0 Å². The van der Waals surface area contributed by atoms with Crippen LogP contribution < -0.4 is 0 Å². The van der Waals surface area contributed by atoms with Crippen LogP contribution in [0.5, 0.6) is 0 Å². The first-order valence-corrected chi connectivity index (χ1v) is 6.11. The molecule has 0 unspecified atom stereocenters. The summed E-state index contributed by atoms with van der Waals surface area (Å²) >= 11 is 0. The van der Waals surface area contributed by atoms with Crippen LogP contribution in [0.1, 0.15) is 17.0 Å². The molecule has 0 aliphatic rings. The highest BCUT2D eigenvalue weighted by Gasteiger charge is 2.29. The van der Waals surface area contributed by atoms with E-state index in [1.165, 1.54) is 12.1 Å². The van der Waals surface area contributed by atoms with E-state index in [0.717, 1.165) is 29.0 Å². The van der Waals surface area contributed by atoms with E-state index < -0.39 is 11.7 Å². The Morgan fingerprint density at radius 3 is 2.45 bits per heavy atom. The van der Waals surface area contributed by atoms with E-state index in [9.17, 15) is 13.2 Å². The Labute approximate surface area is 113 Å². The fraction of sp³-hybridized carbons (Fsp3) is 0.133. The summed E-state index contributed by atoms with van der Waals surface area (Å²) in [6.07, 6.45) is -0.157. The summed E-state index contributed by atoms with van der Waals surface area (Å²) in [6.45, 7) is 0. The molecule has 0 bridgehead atoms. The summed E-state index contributed by atoms with van der Waals surface area (Å²) in [6, 6.07) is 10.9. The van der Waals surface area contributed by atoms with Crippen molar-refractivity contribution in [1.29, 1.82) is 0 Å². The normalized spacial score (nSPS) is 11.9. The maximum atomic E-state index is 12.5. The summed E-state index contributed by atoms with van der Waals surface area (Å²) in [7, 11) is 0. The molecule has 0 saturated heterocycles. The number of halogens is 3. The maximum absolute atomic E-state index is 12.5. The van der Waals surface area contributed by atoms with E-state index in [4.69, 9.17) is 0 Å². The van der Waals surface area contributed by atoms with E-state index in [1.54, 1.807) is 6.20 Å². The second-order valence-corrected chi connectivity index (χ2v) is 4.54. The van der Waals surface area contributed by atoms with E-state index in [0.29, 0.717) is 6.42 Å². The van der Waals surface area contributed by atoms with Crippen molar-refractivity contribution < 1.29 is 13.2 Å². The highest BCUT2D eigenvalue weighted by atomic mass is 19.4. The SMILES string of the molecule is FC(F)(F)c1ccc(Cc2ncc3ccccn23)cc1. The standard InChI is InChI=1S/C15H11F3N2/c16-15(17,18)12-6-4-11(5-7-12)9-14-19-10-13-3-1-2-8-20(13)14/h1-8,10H,9H2. The zero-order chi connectivity index (χ0) is 14.2. The topological polar surface area (TPSA) is 17.3 Å². The molecule has 0 fully saturated rings. The molecule has 2 aromatic heterocycles. The Balaban J connectivity index is 1.88. The summed E-state index contributed by atoms with van der Waals surface area (Å²) in [5, 5.41) is 0. The van der Waals surface area contributed by atoms with Crippen LogP contribution in [-0.4, -0.2) is 9.38 Å². The molecule has 0 spiro atoms. The molecule has 20 heavy (non-hydrogen) atoms. The third kappa shape index (κ3) is 2.39. The van der Waals surface area contributed by atoms with Crippen molar-refractivity contribution >= 4 is 5.52 Å². The molecule has 102 valence electrons. The van der Waals surface area contributed by atoms with Gasteiger partial charge in [-0.2, -0.15) is 13.2 Å². The van der Waals surface area contributed by atoms with Crippen molar-refractivity contribution in [2.24, 2.45) is 0 Å². The lowest BCUT2D eigenvalue weighted by Gasteiger charge is -2.07. The molecule has 0 saturated carbocycles. The van der Waals surface area contributed by atoms with Gasteiger partial charge >= 0.3 is 6.18 Å². The number of hydrogen-bond acceptors (Lipinski definition) is 1. The highest BCUT2D eigenvalue weighted by Crippen LogP contribution is 2.29. The number of aromatic nitrogens is 2. The van der Waals surface area contributed by atoms with Crippen LogP contribution >= 0.6 is 0 Å². The van der Waals surface area contributed by atoms with Gasteiger partial charge in [-0.15, -0.1) is 0 Å². The van der Waals surface area contributed by atoms with Crippen LogP contribution in [0.15, 0.2) is 54.9 Å². The minimum absolute atomic E-state index is 0.496. The van der Waals surface area contributed by atoms with Gasteiger partial charge in [0.2, 0.25) is 0 Å². The number of benzene rings is 1. The van der Waals surface area contributed by atoms with Crippen molar-refractivity contribution in [3.8, 4) is 0 Å². The van der Waals surface area contributed by atoms with E-state index in [1.807, 2.05) is 28.8 Å². The van der Waals surface area contributed by atoms with Crippen molar-refractivity contribution in [1.82, 2.24) is 9.38 Å². The Hall–Kier alpha value is -2.30. The minimum atomic E-state index is -4.29. The molecule has 2 heterocycles. The lowest BCUT2D eigenvalue weighted by atomic mass is 10.1. The molecule has 1 aromatic carbocycles. The second-order valence-electron chi connectivity index (χ2n) is 4.54. The number of imidazole rings is 1. The van der Waals surface area contributed by atoms with E-state index in [2.05, 4.69) is 4.98 Å². The number of alkyl halides is 3. The van der Waals surface area contributed by atoms with Crippen molar-refractivity contribution in [2.45, 2.75) is 12.6 Å². The van der Waals surface area contributed by atoms with Crippen molar-refractivity contribution in [3.63, 3.8) is 0 Å². The monoisotopic (exact) mass is 276 g/mol. The van der Waals surface area contributed by atoms with Gasteiger partial charge in [0.25, 0.3) is 0 Å². The molecule has 0 radical (unpaired) electrons. The zero-order valence-corrected chi connectivity index (χ0v) is 10.4. The van der Waals surface area contributed by atoms with Crippen molar-refractivity contribution in [3.05, 3.63) is 71.8 Å². The summed E-state index contributed by atoms with van der Waals surface area (Å²) in [5.41, 5.74) is 1.14. The van der Waals surface area contributed by atoms with Crippen LogP contribution in [0.3, 0.4) is 0 Å². The second kappa shape index (κ2) is 4.67. The first-order valence-electron chi connectivity index (χ1n) is 6.11. The number of rotatable bonds is 2. The number of nitrogens with zero attached hydrogens (tertiary/aromatic N) is 2. The fourth-order valence-electron chi connectivity index (χ4n) is 2.12. The predicted molar refractivity (Wildman–Crippen MR) is 69.4 cm³/mol. The van der Waals surface area contributed by atoms with Crippen LogP contribution in [0.25, 0.3) is 5.52 Å². The lowest BCUT2D eigenvalue weighted by molar-refractivity contribution is -0.137. The minimum Gasteiger partial charge on any atom is -0.303 e. The van der Waals surface area contributed by atoms with Crippen LogP contribution in [-0.2, 0) is 12.6 Å². The molecule has 0 aliphatic heterocycles. The van der Waals surface area contributed by atoms with Crippen LogP contribution in [0.2, 0.25) is 0 Å². The van der Waals surface area contributed by atoms with E-state index in [-0.39, 0.29) is 0 Å². The molecule has 0 N–H and O–H groups in total. The first-order chi connectivity index (χ1) is 9.54. The van der Waals surface area contributed by atoms with Gasteiger partial charge in [0.15, 0.2) is 0 Å². The Kier molecular flexibility index (Phi) is 2.97. The van der Waals surface area contributed by atoms with E-state index >= 15 is 0 Å². The lowest BCUT2D eigenvalue weighted by Crippen LogP contribution is -2.04. The molecule has 0 atom stereocenters. The van der Waals surface area contributed by atoms with Gasteiger partial charge in [0.1, 0.15) is 5.82 Å². The molecular formula is C15H11F3N2. The van der Waals surface area contributed by atoms with Gasteiger partial charge in [-0.3, -0.25) is 0 Å². The Morgan fingerprint density at radius 1 is 1.00 bits per heavy atom. The molecule has 3 aromatic rings. The van der Waals surface area contributed by atoms with Gasteiger partial charge in [-0.25, -0.2) is 4.98 Å². The van der Waals surface area contributed by atoms with Gasteiger partial charge in [0.05, 0.1) is 17.3 Å². The number of hydrogen-bond donors (Lipinski definition) is 0. The number of pyridine rings is 1. The zero-order valence-electron chi connectivity index (χ0n) is 10.4. The molecule has 0 aliphatic carbocycles. The molecular weight excluding hydrogens is 265 g/mol. The molecule has 3 rings (SSSR count). The maximum Gasteiger partial charge on any atom is 0.416 e. The fourth-order valence-corrected chi connectivity index (χ4v) is 2.12. The van der Waals surface area contributed by atoms with Gasteiger partial charge in [-0.1, -0.05) is 18.2 Å². The van der Waals surface area contributed by atoms with Gasteiger partial charge < -0.3 is 4.40 Å². The molecule has 2 nitrogen and oxygen atoms in total. The van der Waals surface area contributed by atoms with Gasteiger partial charge in [-0.05, 0) is 29.8 Å². The van der Waals surface area contributed by atoms with Gasteiger partial charge in [0, 0.05) is 12.6 Å². The highest BCUT2D eigenvalue weighted by molar-refractivity contribution is 5.46. The largest absolute Gasteiger partial charge is 0.416 e. The Morgan fingerprint density at radius 2 is 1.75 bits per heavy atom. The smallest absolute Gasteiger partial charge is 0.303 e. The summed E-state index contributed by atoms with van der Waals surface area (Å²) < 4.78 is 39.4. The third-order valence-electron chi connectivity index (χ3n) is 3.16. The number of fused-ring (bicyclic) bond motifs is 1. The summed E-state index contributed by atoms with van der Waals surface area (Å²) in [4.78, 5) is 4.30. The predicted octanol–water partition coefficient (Wildman–Crippen LogP) is 3.94. The average Bonchev–Trinajstić information content (AvgIpc) is 2.82. The average molecular weight is 276 g/mol. The third-order valence-corrected chi connectivity index (χ3v) is 3.16. The van der Waals surface area contributed by atoms with Crippen LogP contribution in [0, 0.1) is 0 Å². The quantitative estimate of drug-likeness (QED) is 0.693. The summed E-state index contributed by atoms with van der Waals surface area (Å²) in [5.74, 6) is 0.806.